The summed E-state index contributed by atoms with van der Waals surface area (Å²) >= 11 is 0. The van der Waals surface area contributed by atoms with Crippen LogP contribution in [0.4, 0.5) is 8.78 Å². The number of aromatic amines is 1. The molecule has 0 saturated carbocycles. The number of hydrogen-bond acceptors (Lipinski definition) is 1. The molecule has 0 aliphatic heterocycles. The molecule has 4 heteroatoms. The van der Waals surface area contributed by atoms with Crippen molar-refractivity contribution in [3.05, 3.63) is 22.5 Å². The molecule has 1 heterocycles. The first-order chi connectivity index (χ1) is 5.95. The highest BCUT2D eigenvalue weighted by molar-refractivity contribution is 5.98. The van der Waals surface area contributed by atoms with Crippen molar-refractivity contribution in [3.63, 3.8) is 0 Å². The molecule has 0 bridgehead atoms. The van der Waals surface area contributed by atoms with E-state index in [0.717, 1.165) is 11.3 Å². The summed E-state index contributed by atoms with van der Waals surface area (Å²) in [4.78, 5) is 13.6. The number of carbonyl (C=O) groups is 1. The van der Waals surface area contributed by atoms with Gasteiger partial charge in [0.15, 0.2) is 0 Å². The first kappa shape index (κ1) is 9.89. The number of rotatable bonds is 2. The van der Waals surface area contributed by atoms with Crippen molar-refractivity contribution in [1.82, 2.24) is 4.98 Å². The zero-order valence-electron chi connectivity index (χ0n) is 7.74. The van der Waals surface area contributed by atoms with Crippen molar-refractivity contribution in [2.75, 3.05) is 0 Å². The second kappa shape index (κ2) is 3.28. The van der Waals surface area contributed by atoms with E-state index in [-0.39, 0.29) is 5.69 Å². The average Bonchev–Trinajstić information content (AvgIpc) is 2.31. The van der Waals surface area contributed by atoms with E-state index in [2.05, 4.69) is 4.98 Å². The fourth-order valence-corrected chi connectivity index (χ4v) is 1.20. The van der Waals surface area contributed by atoms with Crippen molar-refractivity contribution < 1.29 is 13.6 Å². The van der Waals surface area contributed by atoms with E-state index >= 15 is 0 Å². The number of halogens is 2. The minimum absolute atomic E-state index is 0.0324. The predicted molar refractivity (Wildman–Crippen MR) is 45.3 cm³/mol. The average molecular weight is 187 g/mol. The summed E-state index contributed by atoms with van der Waals surface area (Å²) in [6.07, 6.45) is -2.93. The van der Waals surface area contributed by atoms with Crippen molar-refractivity contribution >= 4 is 5.78 Å². The molecule has 0 radical (unpaired) electrons. The molecule has 1 rings (SSSR count). The lowest BCUT2D eigenvalue weighted by Crippen LogP contribution is -2.11. The van der Waals surface area contributed by atoms with Gasteiger partial charge in [0, 0.05) is 5.69 Å². The topological polar surface area (TPSA) is 32.9 Å². The monoisotopic (exact) mass is 187 g/mol. The van der Waals surface area contributed by atoms with E-state index in [1.165, 1.54) is 0 Å². The molecule has 1 aromatic heterocycles. The van der Waals surface area contributed by atoms with Crippen LogP contribution >= 0.6 is 0 Å². The van der Waals surface area contributed by atoms with Crippen molar-refractivity contribution in [2.45, 2.75) is 27.2 Å². The van der Waals surface area contributed by atoms with Gasteiger partial charge in [0.1, 0.15) is 0 Å². The van der Waals surface area contributed by atoms with Crippen molar-refractivity contribution in [2.24, 2.45) is 0 Å². The van der Waals surface area contributed by atoms with Crippen LogP contribution in [0.15, 0.2) is 0 Å². The van der Waals surface area contributed by atoms with E-state index < -0.39 is 12.2 Å². The number of carbonyl (C=O) groups excluding carboxylic acids is 1. The Balaban J connectivity index is 3.16. The van der Waals surface area contributed by atoms with Crippen LogP contribution in [0.1, 0.15) is 27.3 Å². The van der Waals surface area contributed by atoms with Gasteiger partial charge in [0.05, 0.1) is 5.69 Å². The Kier molecular flexibility index (Phi) is 2.50. The lowest BCUT2D eigenvalue weighted by molar-refractivity contribution is 0.0673. The number of aromatic nitrogens is 1. The highest BCUT2D eigenvalue weighted by Gasteiger charge is 2.22. The van der Waals surface area contributed by atoms with Crippen LogP contribution in [0, 0.1) is 20.8 Å². The zero-order chi connectivity index (χ0) is 10.2. The molecule has 0 fully saturated rings. The van der Waals surface area contributed by atoms with Crippen LogP contribution in [-0.2, 0) is 0 Å². The van der Waals surface area contributed by atoms with E-state index in [1.807, 2.05) is 0 Å². The van der Waals surface area contributed by atoms with Gasteiger partial charge in [0.25, 0.3) is 0 Å². The lowest BCUT2D eigenvalue weighted by Gasteiger charge is -1.97. The van der Waals surface area contributed by atoms with Crippen LogP contribution in [0.3, 0.4) is 0 Å². The summed E-state index contributed by atoms with van der Waals surface area (Å²) in [6.45, 7) is 5.21. The summed E-state index contributed by atoms with van der Waals surface area (Å²) in [5.41, 5.74) is 2.28. The van der Waals surface area contributed by atoms with Crippen LogP contribution in [0.5, 0.6) is 0 Å². The number of alkyl halides is 2. The molecule has 0 amide bonds. The van der Waals surface area contributed by atoms with Gasteiger partial charge in [-0.15, -0.1) is 0 Å². The molecule has 0 aromatic carbocycles. The van der Waals surface area contributed by atoms with Gasteiger partial charge in [-0.2, -0.15) is 0 Å². The quantitative estimate of drug-likeness (QED) is 0.708. The van der Waals surface area contributed by atoms with E-state index in [0.29, 0.717) is 5.56 Å². The summed E-state index contributed by atoms with van der Waals surface area (Å²) in [7, 11) is 0. The third-order valence-electron chi connectivity index (χ3n) is 2.26. The Bertz CT molecular complexity index is 342. The van der Waals surface area contributed by atoms with Crippen LogP contribution in [-0.4, -0.2) is 17.2 Å². The maximum atomic E-state index is 12.1. The predicted octanol–water partition coefficient (Wildman–Crippen LogP) is 2.39. The third kappa shape index (κ3) is 1.61. The van der Waals surface area contributed by atoms with Gasteiger partial charge in [-0.3, -0.25) is 4.79 Å². The molecule has 1 N–H and O–H groups in total. The van der Waals surface area contributed by atoms with Gasteiger partial charge in [-0.1, -0.05) is 0 Å². The molecule has 0 atom stereocenters. The summed E-state index contributed by atoms with van der Waals surface area (Å²) in [5, 5.41) is 0. The largest absolute Gasteiger partial charge is 0.356 e. The Hall–Kier alpha value is -1.19. The number of H-pyrrole nitrogens is 1. The van der Waals surface area contributed by atoms with Crippen LogP contribution < -0.4 is 0 Å². The molecule has 0 saturated heterocycles. The minimum Gasteiger partial charge on any atom is -0.356 e. The Labute approximate surface area is 75.0 Å². The Morgan fingerprint density at radius 1 is 1.23 bits per heavy atom. The molecular weight excluding hydrogens is 176 g/mol. The summed E-state index contributed by atoms with van der Waals surface area (Å²) < 4.78 is 24.1. The molecule has 2 nitrogen and oxygen atoms in total. The fourth-order valence-electron chi connectivity index (χ4n) is 1.20. The van der Waals surface area contributed by atoms with Gasteiger partial charge >= 0.3 is 6.43 Å². The van der Waals surface area contributed by atoms with E-state index in [9.17, 15) is 13.6 Å². The highest BCUT2D eigenvalue weighted by atomic mass is 19.3. The maximum Gasteiger partial charge on any atom is 0.302 e. The second-order valence-corrected chi connectivity index (χ2v) is 3.04. The SMILES string of the molecule is Cc1[nH]c(C(=O)C(F)F)c(C)c1C. The highest BCUT2D eigenvalue weighted by Crippen LogP contribution is 2.18. The number of ketones is 1. The molecule has 1 aromatic rings. The fraction of sp³-hybridized carbons (Fsp3) is 0.444. The van der Waals surface area contributed by atoms with Crippen LogP contribution in [0.25, 0.3) is 0 Å². The standard InChI is InChI=1S/C9H11F2NO/c1-4-5(2)7(12-6(4)3)8(13)9(10)11/h9,12H,1-3H3. The second-order valence-electron chi connectivity index (χ2n) is 3.04. The first-order valence-corrected chi connectivity index (χ1v) is 3.93. The Morgan fingerprint density at radius 3 is 2.08 bits per heavy atom. The maximum absolute atomic E-state index is 12.1. The molecule has 0 aliphatic carbocycles. The van der Waals surface area contributed by atoms with Crippen molar-refractivity contribution in [3.8, 4) is 0 Å². The molecule has 72 valence electrons. The molecular formula is C9H11F2NO. The zero-order valence-corrected chi connectivity index (χ0v) is 7.74. The van der Waals surface area contributed by atoms with E-state index in [4.69, 9.17) is 0 Å². The molecule has 0 spiro atoms. The minimum atomic E-state index is -2.93. The van der Waals surface area contributed by atoms with Crippen molar-refractivity contribution in [1.29, 1.82) is 0 Å². The number of aryl methyl sites for hydroxylation is 1. The molecule has 0 unspecified atom stereocenters. The third-order valence-corrected chi connectivity index (χ3v) is 2.26. The van der Waals surface area contributed by atoms with Gasteiger partial charge in [-0.25, -0.2) is 8.78 Å². The normalized spacial score (nSPS) is 10.9. The number of hydrogen-bond donors (Lipinski definition) is 1. The summed E-state index contributed by atoms with van der Waals surface area (Å²) in [6, 6.07) is 0. The van der Waals surface area contributed by atoms with Crippen LogP contribution in [0.2, 0.25) is 0 Å². The smallest absolute Gasteiger partial charge is 0.302 e. The molecule has 0 aliphatic rings. The number of Topliss-reactive ketones (excluding diaryl/α,β-unsaturated/α-hetero) is 1. The van der Waals surface area contributed by atoms with E-state index in [1.54, 1.807) is 20.8 Å². The van der Waals surface area contributed by atoms with Gasteiger partial charge in [0.2, 0.25) is 5.78 Å². The lowest BCUT2D eigenvalue weighted by atomic mass is 10.1. The first-order valence-electron chi connectivity index (χ1n) is 3.93. The van der Waals surface area contributed by atoms with Gasteiger partial charge in [-0.05, 0) is 31.9 Å². The number of nitrogens with one attached hydrogen (secondary N) is 1. The Morgan fingerprint density at radius 2 is 1.77 bits per heavy atom. The van der Waals surface area contributed by atoms with Gasteiger partial charge < -0.3 is 4.98 Å². The summed E-state index contributed by atoms with van der Waals surface area (Å²) in [5.74, 6) is -1.13. The molecule has 13 heavy (non-hydrogen) atoms.